The molecule has 1 unspecified atom stereocenters. The van der Waals surface area contributed by atoms with E-state index in [0.717, 1.165) is 12.0 Å². The summed E-state index contributed by atoms with van der Waals surface area (Å²) < 4.78 is 0.470. The van der Waals surface area contributed by atoms with Gasteiger partial charge in [0.25, 0.3) is 5.69 Å². The third-order valence-electron chi connectivity index (χ3n) is 3.16. The average molecular weight is 370 g/mol. The Hall–Kier alpha value is -1.59. The van der Waals surface area contributed by atoms with Crippen LogP contribution in [0, 0.1) is 10.1 Å². The first-order chi connectivity index (χ1) is 10.0. The highest BCUT2D eigenvalue weighted by Gasteiger charge is 2.15. The van der Waals surface area contributed by atoms with Crippen LogP contribution in [0.5, 0.6) is 0 Å². The normalized spacial score (nSPS) is 12.0. The Balaban J connectivity index is 2.24. The van der Waals surface area contributed by atoms with E-state index in [4.69, 9.17) is 11.6 Å². The van der Waals surface area contributed by atoms with Gasteiger partial charge in [0.05, 0.1) is 15.4 Å². The van der Waals surface area contributed by atoms with Gasteiger partial charge in [0.2, 0.25) is 0 Å². The summed E-state index contributed by atoms with van der Waals surface area (Å²) in [5.74, 6) is 0. The number of nitrogens with zero attached hydrogens (tertiary/aromatic N) is 1. The van der Waals surface area contributed by atoms with E-state index >= 15 is 0 Å². The summed E-state index contributed by atoms with van der Waals surface area (Å²) in [5.41, 5.74) is 1.85. The second-order valence-corrected chi connectivity index (χ2v) is 5.87. The van der Waals surface area contributed by atoms with Gasteiger partial charge < -0.3 is 5.32 Å². The molecule has 21 heavy (non-hydrogen) atoms. The van der Waals surface area contributed by atoms with Crippen LogP contribution in [-0.4, -0.2) is 4.92 Å². The van der Waals surface area contributed by atoms with E-state index in [1.165, 1.54) is 6.07 Å². The molecule has 6 heteroatoms. The number of hydrogen-bond acceptors (Lipinski definition) is 3. The fourth-order valence-corrected chi connectivity index (χ4v) is 2.58. The van der Waals surface area contributed by atoms with Crippen molar-refractivity contribution in [2.45, 2.75) is 19.4 Å². The summed E-state index contributed by atoms with van der Waals surface area (Å²) in [5, 5.41) is 15.0. The van der Waals surface area contributed by atoms with E-state index in [0.29, 0.717) is 15.2 Å². The smallest absolute Gasteiger partial charge is 0.285 e. The molecule has 1 atom stereocenters. The van der Waals surface area contributed by atoms with E-state index in [9.17, 15) is 10.1 Å². The standard InChI is InChI=1S/C15H14BrClN2O2/c1-2-14(10-3-5-11(17)6-4-10)18-12-7-8-13(16)15(9-12)19(20)21/h3-9,14,18H,2H2,1H3. The van der Waals surface area contributed by atoms with Crippen molar-refractivity contribution < 1.29 is 4.92 Å². The van der Waals surface area contributed by atoms with Gasteiger partial charge in [-0.15, -0.1) is 0 Å². The van der Waals surface area contributed by atoms with Crippen molar-refractivity contribution >= 4 is 38.9 Å². The minimum absolute atomic E-state index is 0.0472. The number of anilines is 1. The number of benzene rings is 2. The van der Waals surface area contributed by atoms with Gasteiger partial charge in [-0.2, -0.15) is 0 Å². The van der Waals surface area contributed by atoms with Crippen LogP contribution in [0.15, 0.2) is 46.9 Å². The number of rotatable bonds is 5. The fourth-order valence-electron chi connectivity index (χ4n) is 2.06. The minimum Gasteiger partial charge on any atom is -0.378 e. The zero-order chi connectivity index (χ0) is 15.4. The summed E-state index contributed by atoms with van der Waals surface area (Å²) >= 11 is 9.08. The van der Waals surface area contributed by atoms with Crippen LogP contribution in [-0.2, 0) is 0 Å². The molecule has 110 valence electrons. The first-order valence-corrected chi connectivity index (χ1v) is 7.64. The molecule has 0 saturated carbocycles. The quantitative estimate of drug-likeness (QED) is 0.553. The predicted octanol–water partition coefficient (Wildman–Crippen LogP) is 5.57. The average Bonchev–Trinajstić information content (AvgIpc) is 2.47. The van der Waals surface area contributed by atoms with E-state index in [1.807, 2.05) is 30.3 Å². The maximum Gasteiger partial charge on any atom is 0.285 e. The van der Waals surface area contributed by atoms with Gasteiger partial charge in [0, 0.05) is 16.8 Å². The van der Waals surface area contributed by atoms with Gasteiger partial charge in [-0.3, -0.25) is 10.1 Å². The van der Waals surface area contributed by atoms with E-state index in [1.54, 1.807) is 6.07 Å². The highest BCUT2D eigenvalue weighted by molar-refractivity contribution is 9.10. The van der Waals surface area contributed by atoms with Crippen molar-refractivity contribution in [1.82, 2.24) is 0 Å². The molecule has 0 aliphatic carbocycles. The molecule has 2 aromatic carbocycles. The molecule has 0 radical (unpaired) electrons. The van der Waals surface area contributed by atoms with E-state index < -0.39 is 4.92 Å². The van der Waals surface area contributed by atoms with Crippen LogP contribution < -0.4 is 5.32 Å². The van der Waals surface area contributed by atoms with Crippen molar-refractivity contribution in [3.8, 4) is 0 Å². The number of hydrogen-bond donors (Lipinski definition) is 1. The van der Waals surface area contributed by atoms with Gasteiger partial charge in [-0.1, -0.05) is 30.7 Å². The molecule has 2 aromatic rings. The fraction of sp³-hybridized carbons (Fsp3) is 0.200. The number of nitrogens with one attached hydrogen (secondary N) is 1. The van der Waals surface area contributed by atoms with Crippen molar-refractivity contribution in [3.05, 3.63) is 67.6 Å². The van der Waals surface area contributed by atoms with Gasteiger partial charge in [0.1, 0.15) is 0 Å². The Morgan fingerprint density at radius 1 is 1.29 bits per heavy atom. The zero-order valence-corrected chi connectivity index (χ0v) is 13.7. The van der Waals surface area contributed by atoms with Gasteiger partial charge in [0.15, 0.2) is 0 Å². The molecule has 1 N–H and O–H groups in total. The first-order valence-electron chi connectivity index (χ1n) is 6.47. The van der Waals surface area contributed by atoms with Crippen LogP contribution in [0.1, 0.15) is 24.9 Å². The van der Waals surface area contributed by atoms with Crippen LogP contribution in [0.25, 0.3) is 0 Å². The Labute approximate surface area is 136 Å². The van der Waals surface area contributed by atoms with Crippen molar-refractivity contribution in [1.29, 1.82) is 0 Å². The van der Waals surface area contributed by atoms with Crippen molar-refractivity contribution in [2.24, 2.45) is 0 Å². The van der Waals surface area contributed by atoms with Crippen molar-refractivity contribution in [3.63, 3.8) is 0 Å². The van der Waals surface area contributed by atoms with Crippen LogP contribution in [0.3, 0.4) is 0 Å². The summed E-state index contributed by atoms with van der Waals surface area (Å²) in [6.45, 7) is 2.06. The van der Waals surface area contributed by atoms with Crippen LogP contribution in [0.4, 0.5) is 11.4 Å². The highest BCUT2D eigenvalue weighted by atomic mass is 79.9. The van der Waals surface area contributed by atoms with E-state index in [-0.39, 0.29) is 11.7 Å². The molecule has 0 bridgehead atoms. The zero-order valence-electron chi connectivity index (χ0n) is 11.3. The summed E-state index contributed by atoms with van der Waals surface area (Å²) in [4.78, 5) is 10.6. The van der Waals surface area contributed by atoms with Crippen LogP contribution >= 0.6 is 27.5 Å². The second kappa shape index (κ2) is 6.91. The van der Waals surface area contributed by atoms with Gasteiger partial charge in [-0.05, 0) is 52.2 Å². The number of nitro benzene ring substituents is 1. The molecule has 0 aliphatic rings. The molecular formula is C15H14BrClN2O2. The molecule has 0 fully saturated rings. The lowest BCUT2D eigenvalue weighted by atomic mass is 10.0. The molecule has 0 heterocycles. The Morgan fingerprint density at radius 3 is 2.52 bits per heavy atom. The molecule has 0 aromatic heterocycles. The lowest BCUT2D eigenvalue weighted by Gasteiger charge is -2.19. The molecule has 0 aliphatic heterocycles. The molecule has 0 amide bonds. The molecule has 0 spiro atoms. The SMILES string of the molecule is CCC(Nc1ccc(Br)c([N+](=O)[O-])c1)c1ccc(Cl)cc1. The second-order valence-electron chi connectivity index (χ2n) is 4.58. The number of halogens is 2. The minimum atomic E-state index is -0.404. The maximum atomic E-state index is 11.0. The van der Waals surface area contributed by atoms with Gasteiger partial charge >= 0.3 is 0 Å². The third-order valence-corrected chi connectivity index (χ3v) is 4.09. The number of nitro groups is 1. The van der Waals surface area contributed by atoms with Crippen LogP contribution in [0.2, 0.25) is 5.02 Å². The topological polar surface area (TPSA) is 55.2 Å². The monoisotopic (exact) mass is 368 g/mol. The molecule has 4 nitrogen and oxygen atoms in total. The maximum absolute atomic E-state index is 11.0. The predicted molar refractivity (Wildman–Crippen MR) is 88.9 cm³/mol. The lowest BCUT2D eigenvalue weighted by molar-refractivity contribution is -0.385. The lowest BCUT2D eigenvalue weighted by Crippen LogP contribution is -2.09. The Morgan fingerprint density at radius 2 is 1.95 bits per heavy atom. The molecule has 0 saturated heterocycles. The third kappa shape index (κ3) is 3.95. The summed E-state index contributed by atoms with van der Waals surface area (Å²) in [6.07, 6.45) is 0.853. The summed E-state index contributed by atoms with van der Waals surface area (Å²) in [6, 6.07) is 12.7. The van der Waals surface area contributed by atoms with E-state index in [2.05, 4.69) is 28.2 Å². The Kier molecular flexibility index (Phi) is 5.20. The largest absolute Gasteiger partial charge is 0.378 e. The summed E-state index contributed by atoms with van der Waals surface area (Å²) in [7, 11) is 0. The van der Waals surface area contributed by atoms with Gasteiger partial charge in [-0.25, -0.2) is 0 Å². The molecular weight excluding hydrogens is 356 g/mol. The highest BCUT2D eigenvalue weighted by Crippen LogP contribution is 2.30. The molecule has 2 rings (SSSR count). The first kappa shape index (κ1) is 15.8. The van der Waals surface area contributed by atoms with Crippen molar-refractivity contribution in [2.75, 3.05) is 5.32 Å². The Bertz CT molecular complexity index is 647.